The Kier molecular flexibility index (Phi) is 9.15. The van der Waals surface area contributed by atoms with E-state index in [0.29, 0.717) is 10.7 Å². The zero-order valence-corrected chi connectivity index (χ0v) is 22.9. The molecular weight excluding hydrogens is 601 g/mol. The summed E-state index contributed by atoms with van der Waals surface area (Å²) in [5.74, 6) is -0.881. The fourth-order valence-corrected chi connectivity index (χ4v) is 5.35. The number of hydrogen-bond acceptors (Lipinski definition) is 4. The highest BCUT2D eigenvalue weighted by Crippen LogP contribution is 2.25. The summed E-state index contributed by atoms with van der Waals surface area (Å²) in [6, 6.07) is 20.9. The molecule has 0 aliphatic rings. The topological polar surface area (TPSA) is 86.8 Å². The SMILES string of the molecule is CNC(=O)C(C)N(Cc1ccc(Cl)cc1)C(=O)CN(c1ccc(I)cc1)S(=O)(=O)c1ccccc1. The molecule has 1 N–H and O–H groups in total. The van der Waals surface area contributed by atoms with Gasteiger partial charge in [-0.05, 0) is 83.6 Å². The molecule has 0 aromatic heterocycles. The fourth-order valence-electron chi connectivity index (χ4n) is 3.43. The van der Waals surface area contributed by atoms with E-state index in [4.69, 9.17) is 11.6 Å². The van der Waals surface area contributed by atoms with Crippen molar-refractivity contribution in [2.75, 3.05) is 17.9 Å². The van der Waals surface area contributed by atoms with Crippen LogP contribution in [0.25, 0.3) is 0 Å². The van der Waals surface area contributed by atoms with Crippen LogP contribution < -0.4 is 9.62 Å². The van der Waals surface area contributed by atoms with Crippen LogP contribution in [0.4, 0.5) is 5.69 Å². The molecule has 3 aromatic carbocycles. The van der Waals surface area contributed by atoms with Crippen LogP contribution in [0.3, 0.4) is 0 Å². The minimum atomic E-state index is -4.06. The van der Waals surface area contributed by atoms with Crippen molar-refractivity contribution in [1.29, 1.82) is 0 Å². The first-order chi connectivity index (χ1) is 16.6. The molecule has 7 nitrogen and oxygen atoms in total. The van der Waals surface area contributed by atoms with E-state index in [1.54, 1.807) is 73.7 Å². The lowest BCUT2D eigenvalue weighted by Crippen LogP contribution is -2.50. The maximum Gasteiger partial charge on any atom is 0.264 e. The maximum atomic E-state index is 13.6. The van der Waals surface area contributed by atoms with Crippen LogP contribution in [0.1, 0.15) is 12.5 Å². The van der Waals surface area contributed by atoms with E-state index in [9.17, 15) is 18.0 Å². The predicted molar refractivity (Wildman–Crippen MR) is 146 cm³/mol. The molecule has 184 valence electrons. The Morgan fingerprint density at radius 3 is 2.14 bits per heavy atom. The Balaban J connectivity index is 2.00. The van der Waals surface area contributed by atoms with Crippen LogP contribution in [-0.2, 0) is 26.2 Å². The normalized spacial score (nSPS) is 12.0. The standard InChI is InChI=1S/C25H25ClIN3O4S/c1-18(25(32)28-2)29(16-19-8-10-20(26)11-9-19)24(31)17-30(22-14-12-21(27)13-15-22)35(33,34)23-6-4-3-5-7-23/h3-15,18H,16-17H2,1-2H3,(H,28,32). The Morgan fingerprint density at radius 1 is 0.971 bits per heavy atom. The van der Waals surface area contributed by atoms with Gasteiger partial charge in [-0.25, -0.2) is 8.42 Å². The molecule has 0 saturated carbocycles. The molecule has 1 atom stereocenters. The summed E-state index contributed by atoms with van der Waals surface area (Å²) in [5.41, 5.74) is 1.10. The van der Waals surface area contributed by atoms with E-state index in [-0.39, 0.29) is 17.3 Å². The average Bonchev–Trinajstić information content (AvgIpc) is 2.87. The summed E-state index contributed by atoms with van der Waals surface area (Å²) in [5, 5.41) is 3.10. The number of benzene rings is 3. The van der Waals surface area contributed by atoms with Crippen LogP contribution in [0, 0.1) is 3.57 Å². The van der Waals surface area contributed by atoms with Gasteiger partial charge in [0.1, 0.15) is 12.6 Å². The van der Waals surface area contributed by atoms with Crippen LogP contribution in [0.15, 0.2) is 83.8 Å². The third-order valence-electron chi connectivity index (χ3n) is 5.40. The molecular formula is C25H25ClIN3O4S. The number of nitrogens with zero attached hydrogens (tertiary/aromatic N) is 2. The summed E-state index contributed by atoms with van der Waals surface area (Å²) in [7, 11) is -2.57. The van der Waals surface area contributed by atoms with Gasteiger partial charge in [0.05, 0.1) is 10.6 Å². The summed E-state index contributed by atoms with van der Waals surface area (Å²) < 4.78 is 29.2. The van der Waals surface area contributed by atoms with Gasteiger partial charge in [-0.2, -0.15) is 0 Å². The number of rotatable bonds is 9. The second kappa shape index (κ2) is 11.9. The summed E-state index contributed by atoms with van der Waals surface area (Å²) in [4.78, 5) is 27.5. The van der Waals surface area contributed by atoms with Crippen molar-refractivity contribution in [2.45, 2.75) is 24.4 Å². The van der Waals surface area contributed by atoms with Gasteiger partial charge in [-0.15, -0.1) is 0 Å². The zero-order valence-electron chi connectivity index (χ0n) is 19.2. The van der Waals surface area contributed by atoms with E-state index in [0.717, 1.165) is 13.4 Å². The van der Waals surface area contributed by atoms with Gasteiger partial charge < -0.3 is 10.2 Å². The van der Waals surface area contributed by atoms with Gasteiger partial charge >= 0.3 is 0 Å². The van der Waals surface area contributed by atoms with Gasteiger partial charge in [0.15, 0.2) is 0 Å². The van der Waals surface area contributed by atoms with E-state index in [1.807, 2.05) is 0 Å². The van der Waals surface area contributed by atoms with Gasteiger partial charge in [-0.1, -0.05) is 41.9 Å². The number of amides is 2. The molecule has 0 fully saturated rings. The van der Waals surface area contributed by atoms with E-state index < -0.39 is 28.5 Å². The highest BCUT2D eigenvalue weighted by atomic mass is 127. The molecule has 0 aliphatic heterocycles. The van der Waals surface area contributed by atoms with Gasteiger partial charge in [0, 0.05) is 22.2 Å². The Labute approximate surface area is 224 Å². The maximum absolute atomic E-state index is 13.6. The number of carbonyl (C=O) groups excluding carboxylic acids is 2. The molecule has 10 heteroatoms. The Hall–Kier alpha value is -2.63. The number of hydrogen-bond donors (Lipinski definition) is 1. The number of likely N-dealkylation sites (N-methyl/N-ethyl adjacent to an activating group) is 1. The minimum Gasteiger partial charge on any atom is -0.357 e. The second-order valence-corrected chi connectivity index (χ2v) is 11.3. The highest BCUT2D eigenvalue weighted by Gasteiger charge is 2.32. The Bertz CT molecular complexity index is 1270. The van der Waals surface area contributed by atoms with Crippen LogP contribution in [-0.4, -0.2) is 44.8 Å². The fraction of sp³-hybridized carbons (Fsp3) is 0.200. The van der Waals surface area contributed by atoms with Crippen molar-refractivity contribution in [2.24, 2.45) is 0 Å². The predicted octanol–water partition coefficient (Wildman–Crippen LogP) is 4.30. The molecule has 35 heavy (non-hydrogen) atoms. The van der Waals surface area contributed by atoms with Gasteiger partial charge in [0.25, 0.3) is 10.0 Å². The number of nitrogens with one attached hydrogen (secondary N) is 1. The molecule has 3 aromatic rings. The summed E-state index contributed by atoms with van der Waals surface area (Å²) >= 11 is 8.11. The molecule has 0 saturated heterocycles. The molecule has 3 rings (SSSR count). The molecule has 0 heterocycles. The first-order valence-electron chi connectivity index (χ1n) is 10.7. The van der Waals surface area contributed by atoms with Crippen molar-refractivity contribution < 1.29 is 18.0 Å². The molecule has 0 aliphatic carbocycles. The monoisotopic (exact) mass is 625 g/mol. The molecule has 1 unspecified atom stereocenters. The smallest absolute Gasteiger partial charge is 0.264 e. The highest BCUT2D eigenvalue weighted by molar-refractivity contribution is 14.1. The first kappa shape index (κ1) is 27.0. The minimum absolute atomic E-state index is 0.0648. The van der Waals surface area contributed by atoms with Crippen molar-refractivity contribution in [3.05, 3.63) is 93.0 Å². The second-order valence-electron chi connectivity index (χ2n) is 7.74. The van der Waals surface area contributed by atoms with Gasteiger partial charge in [0.2, 0.25) is 11.8 Å². The third kappa shape index (κ3) is 6.74. The Morgan fingerprint density at radius 2 is 1.57 bits per heavy atom. The molecule has 0 bridgehead atoms. The zero-order chi connectivity index (χ0) is 25.6. The third-order valence-corrected chi connectivity index (χ3v) is 8.16. The number of carbonyl (C=O) groups is 2. The average molecular weight is 626 g/mol. The van der Waals surface area contributed by atoms with Crippen LogP contribution in [0.5, 0.6) is 0 Å². The van der Waals surface area contributed by atoms with Crippen molar-refractivity contribution in [3.63, 3.8) is 0 Å². The quantitative estimate of drug-likeness (QED) is 0.360. The molecule has 0 spiro atoms. The van der Waals surface area contributed by atoms with Crippen molar-refractivity contribution >= 4 is 61.7 Å². The van der Waals surface area contributed by atoms with E-state index in [2.05, 4.69) is 27.9 Å². The van der Waals surface area contributed by atoms with Gasteiger partial charge in [-0.3, -0.25) is 13.9 Å². The summed E-state index contributed by atoms with van der Waals surface area (Å²) in [6.45, 7) is 1.23. The largest absolute Gasteiger partial charge is 0.357 e. The molecule has 2 amide bonds. The lowest BCUT2D eigenvalue weighted by Gasteiger charge is -2.31. The first-order valence-corrected chi connectivity index (χ1v) is 13.6. The lowest BCUT2D eigenvalue weighted by molar-refractivity contribution is -0.139. The number of sulfonamides is 1. The lowest BCUT2D eigenvalue weighted by atomic mass is 10.1. The molecule has 0 radical (unpaired) electrons. The van der Waals surface area contributed by atoms with Crippen LogP contribution >= 0.6 is 34.2 Å². The van der Waals surface area contributed by atoms with Crippen LogP contribution in [0.2, 0.25) is 5.02 Å². The number of anilines is 1. The van der Waals surface area contributed by atoms with E-state index >= 15 is 0 Å². The summed E-state index contributed by atoms with van der Waals surface area (Å²) in [6.07, 6.45) is 0. The van der Waals surface area contributed by atoms with Crippen molar-refractivity contribution in [3.8, 4) is 0 Å². The number of halogens is 2. The van der Waals surface area contributed by atoms with E-state index in [1.165, 1.54) is 24.1 Å². The van der Waals surface area contributed by atoms with Crippen molar-refractivity contribution in [1.82, 2.24) is 10.2 Å².